The molecule has 138 valence electrons. The molecule has 6 nitrogen and oxygen atoms in total. The number of halogens is 2. The average Bonchev–Trinajstić information content (AvgIpc) is 3.26. The van der Waals surface area contributed by atoms with Gasteiger partial charge in [-0.1, -0.05) is 26.0 Å². The van der Waals surface area contributed by atoms with Crippen LogP contribution in [-0.2, 0) is 11.3 Å². The summed E-state index contributed by atoms with van der Waals surface area (Å²) in [7, 11) is 0. The molecule has 2 aromatic rings. The summed E-state index contributed by atoms with van der Waals surface area (Å²) in [5.41, 5.74) is 0.989. The molecule has 25 heavy (non-hydrogen) atoms. The molecule has 1 fully saturated rings. The molecule has 0 amide bonds. The zero-order chi connectivity index (χ0) is 16.9. The maximum Gasteiger partial charge on any atom is 0.173 e. The highest BCUT2D eigenvalue weighted by atomic mass is 35.5. The van der Waals surface area contributed by atoms with Gasteiger partial charge in [-0.2, -0.15) is 0 Å². The Bertz CT molecular complexity index is 641. The molecule has 1 saturated heterocycles. The summed E-state index contributed by atoms with van der Waals surface area (Å²) in [5.74, 6) is 0.539. The van der Waals surface area contributed by atoms with Gasteiger partial charge in [0.25, 0.3) is 0 Å². The van der Waals surface area contributed by atoms with Crippen LogP contribution in [-0.4, -0.2) is 50.9 Å². The second-order valence-corrected chi connectivity index (χ2v) is 6.03. The first-order chi connectivity index (χ1) is 11.7. The summed E-state index contributed by atoms with van der Waals surface area (Å²) in [6.45, 7) is 7.38. The molecule has 0 aliphatic carbocycles. The van der Waals surface area contributed by atoms with Crippen molar-refractivity contribution in [2.24, 2.45) is 0 Å². The van der Waals surface area contributed by atoms with E-state index in [4.69, 9.17) is 4.74 Å². The highest BCUT2D eigenvalue weighted by Crippen LogP contribution is 2.27. The number of hydrogen-bond acceptors (Lipinski definition) is 5. The van der Waals surface area contributed by atoms with Crippen LogP contribution in [0.15, 0.2) is 24.3 Å². The van der Waals surface area contributed by atoms with Gasteiger partial charge in [0.05, 0.1) is 18.7 Å². The number of rotatable bonds is 7. The van der Waals surface area contributed by atoms with E-state index in [0.29, 0.717) is 6.54 Å². The maximum absolute atomic E-state index is 13.3. The van der Waals surface area contributed by atoms with Crippen LogP contribution in [0.4, 0.5) is 4.39 Å². The van der Waals surface area contributed by atoms with Crippen molar-refractivity contribution < 1.29 is 9.13 Å². The van der Waals surface area contributed by atoms with E-state index >= 15 is 0 Å². The predicted molar refractivity (Wildman–Crippen MR) is 95.2 cm³/mol. The average molecular weight is 370 g/mol. The Hall–Kier alpha value is -1.57. The van der Waals surface area contributed by atoms with E-state index in [1.807, 2.05) is 16.8 Å². The zero-order valence-corrected chi connectivity index (χ0v) is 15.5. The summed E-state index contributed by atoms with van der Waals surface area (Å²) < 4.78 is 20.9. The van der Waals surface area contributed by atoms with E-state index in [1.165, 1.54) is 12.1 Å². The number of aromatic nitrogens is 4. The fourth-order valence-electron chi connectivity index (χ4n) is 3.28. The van der Waals surface area contributed by atoms with Gasteiger partial charge in [-0.25, -0.2) is 9.07 Å². The number of hydrogen-bond donors (Lipinski definition) is 0. The van der Waals surface area contributed by atoms with E-state index in [-0.39, 0.29) is 30.4 Å². The molecule has 0 radical (unpaired) electrons. The maximum atomic E-state index is 13.3. The van der Waals surface area contributed by atoms with Crippen molar-refractivity contribution in [2.45, 2.75) is 45.4 Å². The van der Waals surface area contributed by atoms with Crippen molar-refractivity contribution in [2.75, 3.05) is 19.7 Å². The molecule has 1 aliphatic heterocycles. The van der Waals surface area contributed by atoms with Gasteiger partial charge in [-0.3, -0.25) is 4.90 Å². The van der Waals surface area contributed by atoms with Gasteiger partial charge in [0, 0.05) is 6.61 Å². The summed E-state index contributed by atoms with van der Waals surface area (Å²) in [6.07, 6.45) is 2.28. The molecule has 1 aromatic carbocycles. The first-order valence-electron chi connectivity index (χ1n) is 8.60. The normalized spacial score (nSPS) is 18.3. The molecule has 2 atom stereocenters. The van der Waals surface area contributed by atoms with Crippen LogP contribution in [0.25, 0.3) is 0 Å². The van der Waals surface area contributed by atoms with Crippen molar-refractivity contribution in [3.63, 3.8) is 0 Å². The van der Waals surface area contributed by atoms with Gasteiger partial charge in [0.1, 0.15) is 5.82 Å². The van der Waals surface area contributed by atoms with Crippen molar-refractivity contribution in [1.29, 1.82) is 0 Å². The van der Waals surface area contributed by atoms with Gasteiger partial charge in [-0.15, -0.1) is 17.5 Å². The molecule has 8 heteroatoms. The second-order valence-electron chi connectivity index (χ2n) is 6.03. The molecule has 2 unspecified atom stereocenters. The minimum absolute atomic E-state index is 0. The lowest BCUT2D eigenvalue weighted by Gasteiger charge is -2.29. The number of benzene rings is 1. The molecular weight excluding hydrogens is 345 g/mol. The topological polar surface area (TPSA) is 56.1 Å². The molecule has 3 rings (SSSR count). The lowest BCUT2D eigenvalue weighted by atomic mass is 10.0. The second kappa shape index (κ2) is 9.22. The van der Waals surface area contributed by atoms with E-state index in [0.717, 1.165) is 43.9 Å². The molecule has 2 heterocycles. The molecule has 1 aromatic heterocycles. The van der Waals surface area contributed by atoms with E-state index in [2.05, 4.69) is 34.3 Å². The van der Waals surface area contributed by atoms with Crippen LogP contribution in [0.3, 0.4) is 0 Å². The third-order valence-corrected chi connectivity index (χ3v) is 4.57. The summed E-state index contributed by atoms with van der Waals surface area (Å²) in [6, 6.07) is 6.49. The highest BCUT2D eigenvalue weighted by Gasteiger charge is 2.28. The van der Waals surface area contributed by atoms with Crippen LogP contribution in [0.5, 0.6) is 0 Å². The minimum Gasteiger partial charge on any atom is -0.376 e. The van der Waals surface area contributed by atoms with Crippen LogP contribution >= 0.6 is 12.4 Å². The molecule has 0 N–H and O–H groups in total. The highest BCUT2D eigenvalue weighted by molar-refractivity contribution is 5.85. The molecule has 0 bridgehead atoms. The van der Waals surface area contributed by atoms with Crippen molar-refractivity contribution in [1.82, 2.24) is 25.1 Å². The quantitative estimate of drug-likeness (QED) is 0.751. The molecule has 0 spiro atoms. The van der Waals surface area contributed by atoms with Crippen molar-refractivity contribution in [3.8, 4) is 0 Å². The SMILES string of the molecule is CCN(CC)C(c1ccc(F)cc1)c1nnnn1CC1CCCO1.Cl. The van der Waals surface area contributed by atoms with Crippen molar-refractivity contribution >= 4 is 12.4 Å². The summed E-state index contributed by atoms with van der Waals surface area (Å²) >= 11 is 0. The fraction of sp³-hybridized carbons (Fsp3) is 0.588. The van der Waals surface area contributed by atoms with Gasteiger partial charge >= 0.3 is 0 Å². The Balaban J connectivity index is 0.00000225. The van der Waals surface area contributed by atoms with Crippen LogP contribution < -0.4 is 0 Å². The molecule has 1 aliphatic rings. The molecular formula is C17H25ClFN5O. The smallest absolute Gasteiger partial charge is 0.173 e. The van der Waals surface area contributed by atoms with Gasteiger partial charge < -0.3 is 4.74 Å². The van der Waals surface area contributed by atoms with Gasteiger partial charge in [0.15, 0.2) is 5.82 Å². The lowest BCUT2D eigenvalue weighted by molar-refractivity contribution is 0.0910. The third-order valence-electron chi connectivity index (χ3n) is 4.57. The van der Waals surface area contributed by atoms with Gasteiger partial charge in [0.2, 0.25) is 0 Å². The summed E-state index contributed by atoms with van der Waals surface area (Å²) in [5, 5.41) is 12.3. The fourth-order valence-corrected chi connectivity index (χ4v) is 3.28. The monoisotopic (exact) mass is 369 g/mol. The first kappa shape index (κ1) is 19.8. The van der Waals surface area contributed by atoms with E-state index < -0.39 is 0 Å². The Labute approximate surface area is 153 Å². The van der Waals surface area contributed by atoms with Gasteiger partial charge in [-0.05, 0) is 54.1 Å². The van der Waals surface area contributed by atoms with Crippen LogP contribution in [0.2, 0.25) is 0 Å². The van der Waals surface area contributed by atoms with Crippen molar-refractivity contribution in [3.05, 3.63) is 41.5 Å². The minimum atomic E-state index is -0.240. The number of nitrogens with zero attached hydrogens (tertiary/aromatic N) is 5. The lowest BCUT2D eigenvalue weighted by Crippen LogP contribution is -2.32. The summed E-state index contributed by atoms with van der Waals surface area (Å²) in [4.78, 5) is 2.27. The Morgan fingerprint density at radius 3 is 2.60 bits per heavy atom. The van der Waals surface area contributed by atoms with E-state index in [1.54, 1.807) is 0 Å². The number of tetrazole rings is 1. The Morgan fingerprint density at radius 2 is 2.00 bits per heavy atom. The van der Waals surface area contributed by atoms with E-state index in [9.17, 15) is 4.39 Å². The van der Waals surface area contributed by atoms with Crippen LogP contribution in [0.1, 0.15) is 44.1 Å². The van der Waals surface area contributed by atoms with Crippen LogP contribution in [0, 0.1) is 5.82 Å². The Kier molecular flexibility index (Phi) is 7.28. The standard InChI is InChI=1S/C17H24FN5O.ClH/c1-3-22(4-2)16(13-7-9-14(18)10-8-13)17-19-20-21-23(17)12-15-6-5-11-24-15;/h7-10,15-16H,3-6,11-12H2,1-2H3;1H. The molecule has 0 saturated carbocycles. The predicted octanol–water partition coefficient (Wildman–Crippen LogP) is 2.84. The largest absolute Gasteiger partial charge is 0.376 e. The first-order valence-corrected chi connectivity index (χ1v) is 8.60. The third kappa shape index (κ3) is 4.54. The number of ether oxygens (including phenoxy) is 1. The Morgan fingerprint density at radius 1 is 1.28 bits per heavy atom. The zero-order valence-electron chi connectivity index (χ0n) is 14.6.